The summed E-state index contributed by atoms with van der Waals surface area (Å²) in [6.07, 6.45) is -1.70. The summed E-state index contributed by atoms with van der Waals surface area (Å²) in [4.78, 5) is 13.3. The molecule has 6 heteroatoms. The van der Waals surface area contributed by atoms with E-state index < -0.39 is 17.9 Å². The van der Waals surface area contributed by atoms with Crippen LogP contribution in [0.15, 0.2) is 18.2 Å². The molecule has 1 aliphatic rings. The van der Waals surface area contributed by atoms with Crippen LogP contribution in [0.1, 0.15) is 20.8 Å². The van der Waals surface area contributed by atoms with Crippen LogP contribution in [0.25, 0.3) is 0 Å². The van der Waals surface area contributed by atoms with Crippen LogP contribution in [0.4, 0.5) is 10.5 Å². The summed E-state index contributed by atoms with van der Waals surface area (Å²) < 4.78 is 10.6. The third kappa shape index (κ3) is 3.11. The molecule has 0 aromatic heterocycles. The van der Waals surface area contributed by atoms with Gasteiger partial charge < -0.3 is 14.6 Å². The zero-order valence-corrected chi connectivity index (χ0v) is 11.8. The van der Waals surface area contributed by atoms with Crippen molar-refractivity contribution in [1.82, 2.24) is 0 Å². The Morgan fingerprint density at radius 2 is 2.21 bits per heavy atom. The molecule has 1 aromatic rings. The molecule has 1 amide bonds. The van der Waals surface area contributed by atoms with Crippen LogP contribution in [0.5, 0.6) is 5.75 Å². The Labute approximate surface area is 116 Å². The van der Waals surface area contributed by atoms with E-state index in [2.05, 4.69) is 0 Å². The van der Waals surface area contributed by atoms with Gasteiger partial charge in [0.25, 0.3) is 0 Å². The topological polar surface area (TPSA) is 59.0 Å². The fourth-order valence-corrected chi connectivity index (χ4v) is 1.90. The molecule has 1 heterocycles. The van der Waals surface area contributed by atoms with Gasteiger partial charge in [-0.1, -0.05) is 11.6 Å². The van der Waals surface area contributed by atoms with Crippen LogP contribution in [0, 0.1) is 0 Å². The minimum Gasteiger partial charge on any atom is -0.487 e. The van der Waals surface area contributed by atoms with Crippen LogP contribution in [-0.4, -0.2) is 29.6 Å². The molecule has 2 rings (SSSR count). The minimum absolute atomic E-state index is 0.0212. The van der Waals surface area contributed by atoms with Gasteiger partial charge in [0.1, 0.15) is 18.0 Å². The first-order chi connectivity index (χ1) is 8.78. The maximum absolute atomic E-state index is 12.1. The third-order valence-corrected chi connectivity index (χ3v) is 2.69. The summed E-state index contributed by atoms with van der Waals surface area (Å²) in [5.74, 6) is 0.448. The number of rotatable bonds is 0. The second-order valence-corrected chi connectivity index (χ2v) is 5.69. The molecule has 104 valence electrons. The van der Waals surface area contributed by atoms with Gasteiger partial charge in [-0.3, -0.25) is 0 Å². The number of nitrogens with zero attached hydrogens (tertiary/aromatic N) is 1. The molecule has 0 bridgehead atoms. The predicted octanol–water partition coefficient (Wildman–Crippen LogP) is 2.79. The van der Waals surface area contributed by atoms with Gasteiger partial charge in [0, 0.05) is 11.1 Å². The Morgan fingerprint density at radius 3 is 2.84 bits per heavy atom. The van der Waals surface area contributed by atoms with Gasteiger partial charge in [-0.15, -0.1) is 0 Å². The molecule has 1 aromatic carbocycles. The van der Waals surface area contributed by atoms with Gasteiger partial charge in [0.2, 0.25) is 0 Å². The first kappa shape index (κ1) is 14.0. The molecule has 0 saturated carbocycles. The molecule has 1 aliphatic heterocycles. The minimum atomic E-state index is -1.08. The summed E-state index contributed by atoms with van der Waals surface area (Å²) >= 11 is 5.87. The lowest BCUT2D eigenvalue weighted by Gasteiger charge is -2.35. The highest BCUT2D eigenvalue weighted by atomic mass is 35.5. The van der Waals surface area contributed by atoms with E-state index in [4.69, 9.17) is 21.1 Å². The number of ether oxygens (including phenoxy) is 2. The Hall–Kier alpha value is -1.46. The van der Waals surface area contributed by atoms with Crippen molar-refractivity contribution in [2.75, 3.05) is 11.5 Å². The molecule has 0 aliphatic carbocycles. The Bertz CT molecular complexity index is 498. The number of benzene rings is 1. The maximum Gasteiger partial charge on any atom is 0.417 e. The van der Waals surface area contributed by atoms with E-state index in [-0.39, 0.29) is 6.61 Å². The van der Waals surface area contributed by atoms with Gasteiger partial charge in [-0.2, -0.15) is 0 Å². The summed E-state index contributed by atoms with van der Waals surface area (Å²) in [5.41, 5.74) is -0.195. The number of anilines is 1. The number of halogens is 1. The Balaban J connectivity index is 2.33. The molecule has 0 spiro atoms. The number of hydrogen-bond acceptors (Lipinski definition) is 4. The van der Waals surface area contributed by atoms with Gasteiger partial charge in [0.05, 0.1) is 5.69 Å². The van der Waals surface area contributed by atoms with Crippen LogP contribution >= 0.6 is 11.6 Å². The van der Waals surface area contributed by atoms with Gasteiger partial charge in [-0.05, 0) is 32.9 Å². The van der Waals surface area contributed by atoms with E-state index in [0.717, 1.165) is 0 Å². The monoisotopic (exact) mass is 285 g/mol. The quantitative estimate of drug-likeness (QED) is 0.796. The van der Waals surface area contributed by atoms with E-state index >= 15 is 0 Å². The van der Waals surface area contributed by atoms with Crippen LogP contribution in [-0.2, 0) is 4.74 Å². The average molecular weight is 286 g/mol. The highest BCUT2D eigenvalue weighted by molar-refractivity contribution is 6.30. The lowest BCUT2D eigenvalue weighted by atomic mass is 10.2. The standard InChI is InChI=1S/C13H16ClNO4/c1-13(2,3)19-12(17)15-9-5-4-8(14)6-10(9)18-7-11(15)16/h4-6,11,16H,7H2,1-3H3. The van der Waals surface area contributed by atoms with E-state index in [9.17, 15) is 9.90 Å². The van der Waals surface area contributed by atoms with Crippen molar-refractivity contribution >= 4 is 23.4 Å². The molecule has 1 N–H and O–H groups in total. The van der Waals surface area contributed by atoms with Crippen molar-refractivity contribution in [2.24, 2.45) is 0 Å². The summed E-state index contributed by atoms with van der Waals surface area (Å²) in [5, 5.41) is 10.4. The fraction of sp³-hybridized carbons (Fsp3) is 0.462. The number of fused-ring (bicyclic) bond motifs is 1. The second-order valence-electron chi connectivity index (χ2n) is 5.25. The molecule has 0 saturated heterocycles. The molecule has 0 fully saturated rings. The molecule has 19 heavy (non-hydrogen) atoms. The first-order valence-corrected chi connectivity index (χ1v) is 6.28. The van der Waals surface area contributed by atoms with Gasteiger partial charge in [0.15, 0.2) is 6.23 Å². The smallest absolute Gasteiger partial charge is 0.417 e. The van der Waals surface area contributed by atoms with Crippen molar-refractivity contribution in [3.8, 4) is 5.75 Å². The largest absolute Gasteiger partial charge is 0.487 e. The van der Waals surface area contributed by atoms with Crippen molar-refractivity contribution < 1.29 is 19.4 Å². The number of amides is 1. The Kier molecular flexibility index (Phi) is 3.60. The van der Waals surface area contributed by atoms with Crippen molar-refractivity contribution in [3.63, 3.8) is 0 Å². The first-order valence-electron chi connectivity index (χ1n) is 5.90. The molecular weight excluding hydrogens is 270 g/mol. The second kappa shape index (κ2) is 4.90. The fourth-order valence-electron chi connectivity index (χ4n) is 1.73. The lowest BCUT2D eigenvalue weighted by Crippen LogP contribution is -2.48. The number of hydrogen-bond donors (Lipinski definition) is 1. The maximum atomic E-state index is 12.1. The molecular formula is C13H16ClNO4. The zero-order chi connectivity index (χ0) is 14.2. The average Bonchev–Trinajstić information content (AvgIpc) is 2.26. The van der Waals surface area contributed by atoms with Crippen molar-refractivity contribution in [1.29, 1.82) is 0 Å². The van der Waals surface area contributed by atoms with Crippen LogP contribution < -0.4 is 9.64 Å². The highest BCUT2D eigenvalue weighted by Gasteiger charge is 2.34. The molecule has 5 nitrogen and oxygen atoms in total. The van der Waals surface area contributed by atoms with Crippen LogP contribution in [0.2, 0.25) is 5.02 Å². The van der Waals surface area contributed by atoms with Crippen molar-refractivity contribution in [3.05, 3.63) is 23.2 Å². The Morgan fingerprint density at radius 1 is 1.53 bits per heavy atom. The van der Waals surface area contributed by atoms with E-state index in [1.54, 1.807) is 39.0 Å². The van der Waals surface area contributed by atoms with E-state index in [1.807, 2.05) is 0 Å². The van der Waals surface area contributed by atoms with Crippen molar-refractivity contribution in [2.45, 2.75) is 32.6 Å². The van der Waals surface area contributed by atoms with Crippen LogP contribution in [0.3, 0.4) is 0 Å². The number of aliphatic hydroxyl groups is 1. The summed E-state index contributed by atoms with van der Waals surface area (Å²) in [7, 11) is 0. The zero-order valence-electron chi connectivity index (χ0n) is 11.0. The molecule has 1 atom stereocenters. The summed E-state index contributed by atoms with van der Waals surface area (Å²) in [6, 6.07) is 4.84. The third-order valence-electron chi connectivity index (χ3n) is 2.46. The normalized spacial score (nSPS) is 18.6. The van der Waals surface area contributed by atoms with Gasteiger partial charge >= 0.3 is 6.09 Å². The number of carbonyl (C=O) groups is 1. The lowest BCUT2D eigenvalue weighted by molar-refractivity contribution is 0.0359. The molecule has 0 radical (unpaired) electrons. The predicted molar refractivity (Wildman–Crippen MR) is 71.7 cm³/mol. The molecule has 1 unspecified atom stereocenters. The highest BCUT2D eigenvalue weighted by Crippen LogP contribution is 2.36. The number of carbonyl (C=O) groups excluding carboxylic acids is 1. The van der Waals surface area contributed by atoms with E-state index in [1.165, 1.54) is 4.90 Å². The van der Waals surface area contributed by atoms with Gasteiger partial charge in [-0.25, -0.2) is 9.69 Å². The summed E-state index contributed by atoms with van der Waals surface area (Å²) in [6.45, 7) is 5.27. The number of aliphatic hydroxyl groups excluding tert-OH is 1. The SMILES string of the molecule is CC(C)(C)OC(=O)N1c2ccc(Cl)cc2OCC1O. The van der Waals surface area contributed by atoms with E-state index in [0.29, 0.717) is 16.5 Å².